The third-order valence-electron chi connectivity index (χ3n) is 3.58. The van der Waals surface area contributed by atoms with Crippen molar-refractivity contribution in [2.24, 2.45) is 0 Å². The Morgan fingerprint density at radius 2 is 2.09 bits per heavy atom. The van der Waals surface area contributed by atoms with E-state index < -0.39 is 0 Å². The Balaban J connectivity index is 2.08. The molecular formula is C18H23NO2S. The predicted molar refractivity (Wildman–Crippen MR) is 91.9 cm³/mol. The molecule has 0 spiro atoms. The summed E-state index contributed by atoms with van der Waals surface area (Å²) in [6, 6.07) is 9.78. The van der Waals surface area contributed by atoms with Gasteiger partial charge < -0.3 is 10.1 Å². The minimum atomic E-state index is -0.0552. The Morgan fingerprint density at radius 1 is 1.32 bits per heavy atom. The van der Waals surface area contributed by atoms with E-state index in [9.17, 15) is 4.79 Å². The molecule has 1 heterocycles. The van der Waals surface area contributed by atoms with Crippen LogP contribution < -0.4 is 10.1 Å². The number of carbonyl (C=O) groups is 1. The van der Waals surface area contributed by atoms with Gasteiger partial charge in [0.05, 0.1) is 17.5 Å². The topological polar surface area (TPSA) is 38.3 Å². The van der Waals surface area contributed by atoms with Crippen molar-refractivity contribution >= 4 is 17.2 Å². The molecule has 22 heavy (non-hydrogen) atoms. The first-order chi connectivity index (χ1) is 10.5. The van der Waals surface area contributed by atoms with Crippen LogP contribution >= 0.6 is 11.3 Å². The van der Waals surface area contributed by atoms with Gasteiger partial charge in [-0.25, -0.2) is 0 Å². The summed E-state index contributed by atoms with van der Waals surface area (Å²) in [5.41, 5.74) is 2.24. The third-order valence-corrected chi connectivity index (χ3v) is 4.96. The Hall–Kier alpha value is -1.81. The summed E-state index contributed by atoms with van der Waals surface area (Å²) in [6.45, 7) is 8.76. The highest BCUT2D eigenvalue weighted by Gasteiger charge is 2.15. The van der Waals surface area contributed by atoms with Crippen LogP contribution in [0.1, 0.15) is 52.5 Å². The Morgan fingerprint density at radius 3 is 2.73 bits per heavy atom. The van der Waals surface area contributed by atoms with Gasteiger partial charge >= 0.3 is 0 Å². The largest absolute Gasteiger partial charge is 0.494 e. The van der Waals surface area contributed by atoms with Crippen LogP contribution in [-0.2, 0) is 6.42 Å². The zero-order valence-corrected chi connectivity index (χ0v) is 14.4. The minimum absolute atomic E-state index is 0.0119. The average molecular weight is 317 g/mol. The van der Waals surface area contributed by atoms with Gasteiger partial charge in [0.1, 0.15) is 5.75 Å². The van der Waals surface area contributed by atoms with Crippen LogP contribution in [-0.4, -0.2) is 12.5 Å². The number of aryl methyl sites for hydroxylation is 2. The van der Waals surface area contributed by atoms with Crippen molar-refractivity contribution in [1.29, 1.82) is 0 Å². The molecular weight excluding hydrogens is 294 g/mol. The summed E-state index contributed by atoms with van der Waals surface area (Å²) in [7, 11) is 0. The molecule has 0 bridgehead atoms. The van der Waals surface area contributed by atoms with Crippen LogP contribution in [0.2, 0.25) is 0 Å². The Kier molecular flexibility index (Phi) is 5.61. The quantitative estimate of drug-likeness (QED) is 0.851. The number of hydrogen-bond acceptors (Lipinski definition) is 3. The molecule has 1 aromatic heterocycles. The molecule has 0 saturated carbocycles. The number of hydrogen-bond donors (Lipinski definition) is 1. The summed E-state index contributed by atoms with van der Waals surface area (Å²) >= 11 is 1.58. The molecule has 4 heteroatoms. The molecule has 2 rings (SSSR count). The fourth-order valence-electron chi connectivity index (χ4n) is 2.37. The van der Waals surface area contributed by atoms with Gasteiger partial charge in [0.25, 0.3) is 5.91 Å². The number of rotatable bonds is 6. The summed E-state index contributed by atoms with van der Waals surface area (Å²) in [5, 5.41) is 3.06. The highest BCUT2D eigenvalue weighted by molar-refractivity contribution is 7.14. The molecule has 3 nitrogen and oxygen atoms in total. The lowest BCUT2D eigenvalue weighted by molar-refractivity contribution is 0.0944. The van der Waals surface area contributed by atoms with Gasteiger partial charge in [-0.3, -0.25) is 4.79 Å². The second-order valence-electron chi connectivity index (χ2n) is 5.27. The number of nitrogens with one attached hydrogen (secondary N) is 1. The monoisotopic (exact) mass is 317 g/mol. The highest BCUT2D eigenvalue weighted by Crippen LogP contribution is 2.24. The van der Waals surface area contributed by atoms with Crippen molar-refractivity contribution in [3.63, 3.8) is 0 Å². The van der Waals surface area contributed by atoms with E-state index in [1.807, 2.05) is 44.2 Å². The number of benzene rings is 1. The summed E-state index contributed by atoms with van der Waals surface area (Å²) < 4.78 is 5.51. The van der Waals surface area contributed by atoms with E-state index in [1.54, 1.807) is 11.3 Å². The standard InChI is InChI=1S/C18H23NO2S/c1-5-16-12(3)10-17(22-16)18(20)19-13(4)14-8-7-9-15(11-14)21-6-2/h7-11,13H,5-6H2,1-4H3,(H,19,20). The summed E-state index contributed by atoms with van der Waals surface area (Å²) in [6.07, 6.45) is 0.968. The van der Waals surface area contributed by atoms with Crippen molar-refractivity contribution in [1.82, 2.24) is 5.32 Å². The van der Waals surface area contributed by atoms with Crippen molar-refractivity contribution in [2.45, 2.75) is 40.2 Å². The molecule has 1 atom stereocenters. The molecule has 118 valence electrons. The normalized spacial score (nSPS) is 12.0. The average Bonchev–Trinajstić information content (AvgIpc) is 2.89. The SMILES string of the molecule is CCOc1cccc(C(C)NC(=O)c2cc(C)c(CC)s2)c1. The molecule has 1 unspecified atom stereocenters. The maximum Gasteiger partial charge on any atom is 0.261 e. The number of amides is 1. The van der Waals surface area contributed by atoms with Crippen molar-refractivity contribution < 1.29 is 9.53 Å². The maximum absolute atomic E-state index is 12.4. The minimum Gasteiger partial charge on any atom is -0.494 e. The van der Waals surface area contributed by atoms with Crippen LogP contribution in [0.4, 0.5) is 0 Å². The van der Waals surface area contributed by atoms with Crippen LogP contribution in [0.3, 0.4) is 0 Å². The highest BCUT2D eigenvalue weighted by atomic mass is 32.1. The lowest BCUT2D eigenvalue weighted by Gasteiger charge is -2.15. The van der Waals surface area contributed by atoms with Gasteiger partial charge in [-0.05, 0) is 56.5 Å². The molecule has 1 amide bonds. The molecule has 0 saturated heterocycles. The Bertz CT molecular complexity index is 648. The predicted octanol–water partition coefficient (Wildman–Crippen LogP) is 4.51. The van der Waals surface area contributed by atoms with E-state index in [-0.39, 0.29) is 11.9 Å². The summed E-state index contributed by atoms with van der Waals surface area (Å²) in [5.74, 6) is 0.823. The smallest absolute Gasteiger partial charge is 0.261 e. The van der Waals surface area contributed by atoms with Crippen molar-refractivity contribution in [3.05, 3.63) is 51.2 Å². The van der Waals surface area contributed by atoms with Crippen LogP contribution in [0, 0.1) is 6.92 Å². The molecule has 0 fully saturated rings. The maximum atomic E-state index is 12.4. The summed E-state index contributed by atoms with van der Waals surface area (Å²) in [4.78, 5) is 14.4. The zero-order valence-electron chi connectivity index (χ0n) is 13.6. The van der Waals surface area contributed by atoms with E-state index in [1.165, 1.54) is 10.4 Å². The number of thiophene rings is 1. The van der Waals surface area contributed by atoms with E-state index in [0.717, 1.165) is 22.6 Å². The fourth-order valence-corrected chi connectivity index (χ4v) is 3.39. The molecule has 0 aliphatic carbocycles. The second-order valence-corrected chi connectivity index (χ2v) is 6.41. The van der Waals surface area contributed by atoms with E-state index in [2.05, 4.69) is 19.2 Å². The van der Waals surface area contributed by atoms with E-state index in [0.29, 0.717) is 6.61 Å². The molecule has 0 aliphatic rings. The van der Waals surface area contributed by atoms with E-state index >= 15 is 0 Å². The number of ether oxygens (including phenoxy) is 1. The van der Waals surface area contributed by atoms with Gasteiger partial charge in [-0.1, -0.05) is 19.1 Å². The molecule has 0 aliphatic heterocycles. The third kappa shape index (κ3) is 3.89. The lowest BCUT2D eigenvalue weighted by atomic mass is 10.1. The van der Waals surface area contributed by atoms with Crippen molar-refractivity contribution in [3.8, 4) is 5.75 Å². The van der Waals surface area contributed by atoms with Gasteiger partial charge in [0.2, 0.25) is 0 Å². The van der Waals surface area contributed by atoms with Gasteiger partial charge in [0.15, 0.2) is 0 Å². The van der Waals surface area contributed by atoms with Crippen LogP contribution in [0.5, 0.6) is 5.75 Å². The first-order valence-electron chi connectivity index (χ1n) is 7.68. The Labute approximate surface area is 136 Å². The molecule has 0 radical (unpaired) electrons. The van der Waals surface area contributed by atoms with Crippen LogP contribution in [0.15, 0.2) is 30.3 Å². The van der Waals surface area contributed by atoms with Crippen molar-refractivity contribution in [2.75, 3.05) is 6.61 Å². The fraction of sp³-hybridized carbons (Fsp3) is 0.389. The van der Waals surface area contributed by atoms with Gasteiger partial charge in [-0.2, -0.15) is 0 Å². The number of carbonyl (C=O) groups excluding carboxylic acids is 1. The zero-order chi connectivity index (χ0) is 16.1. The first-order valence-corrected chi connectivity index (χ1v) is 8.49. The lowest BCUT2D eigenvalue weighted by Crippen LogP contribution is -2.25. The first kappa shape index (κ1) is 16.6. The molecule has 1 N–H and O–H groups in total. The van der Waals surface area contributed by atoms with E-state index in [4.69, 9.17) is 4.74 Å². The van der Waals surface area contributed by atoms with Crippen LogP contribution in [0.25, 0.3) is 0 Å². The molecule has 2 aromatic rings. The van der Waals surface area contributed by atoms with Gasteiger partial charge in [0, 0.05) is 4.88 Å². The molecule has 1 aromatic carbocycles. The van der Waals surface area contributed by atoms with Gasteiger partial charge in [-0.15, -0.1) is 11.3 Å². The second kappa shape index (κ2) is 7.45.